The van der Waals surface area contributed by atoms with Gasteiger partial charge in [0.05, 0.1) is 38.5 Å². The van der Waals surface area contributed by atoms with Crippen LogP contribution in [0.1, 0.15) is 11.5 Å². The van der Waals surface area contributed by atoms with Crippen LogP contribution >= 0.6 is 0 Å². The number of nitrogens with zero attached hydrogens (tertiary/aromatic N) is 1. The van der Waals surface area contributed by atoms with Gasteiger partial charge in [-0.2, -0.15) is 0 Å². The van der Waals surface area contributed by atoms with E-state index in [-0.39, 0.29) is 11.4 Å². The molecular formula is C20H22N2O6S. The van der Waals surface area contributed by atoms with Crippen molar-refractivity contribution in [2.45, 2.75) is 18.4 Å². The van der Waals surface area contributed by atoms with Gasteiger partial charge in [-0.25, -0.2) is 18.1 Å². The van der Waals surface area contributed by atoms with Crippen LogP contribution in [0.2, 0.25) is 0 Å². The van der Waals surface area contributed by atoms with Gasteiger partial charge in [0.2, 0.25) is 15.9 Å². The van der Waals surface area contributed by atoms with Crippen LogP contribution in [-0.4, -0.2) is 34.7 Å². The number of hydrogen-bond donors (Lipinski definition) is 1. The van der Waals surface area contributed by atoms with Crippen LogP contribution in [-0.2, 0) is 16.6 Å². The summed E-state index contributed by atoms with van der Waals surface area (Å²) < 4.78 is 49.0. The van der Waals surface area contributed by atoms with Crippen molar-refractivity contribution in [3.8, 4) is 28.7 Å². The average Bonchev–Trinajstić information content (AvgIpc) is 3.12. The predicted molar refractivity (Wildman–Crippen MR) is 107 cm³/mol. The minimum Gasteiger partial charge on any atom is -0.497 e. The summed E-state index contributed by atoms with van der Waals surface area (Å²) in [5.74, 6) is 2.44. The van der Waals surface area contributed by atoms with Crippen molar-refractivity contribution in [3.63, 3.8) is 0 Å². The Hall–Kier alpha value is -3.04. The van der Waals surface area contributed by atoms with Crippen LogP contribution in [0, 0.1) is 6.92 Å². The normalized spacial score (nSPS) is 11.3. The molecule has 0 fully saturated rings. The van der Waals surface area contributed by atoms with E-state index in [1.807, 2.05) is 12.1 Å². The van der Waals surface area contributed by atoms with Crippen molar-refractivity contribution in [2.24, 2.45) is 0 Å². The van der Waals surface area contributed by atoms with Gasteiger partial charge in [0, 0.05) is 11.6 Å². The molecule has 0 radical (unpaired) electrons. The molecule has 0 aliphatic rings. The summed E-state index contributed by atoms with van der Waals surface area (Å²) in [4.78, 5) is 4.48. The first-order chi connectivity index (χ1) is 13.9. The van der Waals surface area contributed by atoms with Crippen molar-refractivity contribution in [3.05, 3.63) is 53.9 Å². The molecule has 9 heteroatoms. The topological polar surface area (TPSA) is 99.9 Å². The SMILES string of the molecule is COc1ccc(-c2nc(CNS(=O)(=O)c3ccc(OC)c(OC)c3)c(C)o2)cc1. The number of ether oxygens (including phenoxy) is 3. The summed E-state index contributed by atoms with van der Waals surface area (Å²) >= 11 is 0. The van der Waals surface area contributed by atoms with E-state index in [9.17, 15) is 8.42 Å². The molecule has 1 N–H and O–H groups in total. The first-order valence-electron chi connectivity index (χ1n) is 8.70. The minimum atomic E-state index is -3.78. The van der Waals surface area contributed by atoms with Gasteiger partial charge in [-0.15, -0.1) is 0 Å². The van der Waals surface area contributed by atoms with Crippen molar-refractivity contribution in [1.82, 2.24) is 9.71 Å². The third-order valence-corrected chi connectivity index (χ3v) is 5.72. The number of rotatable bonds is 8. The van der Waals surface area contributed by atoms with E-state index in [4.69, 9.17) is 18.6 Å². The maximum atomic E-state index is 12.7. The van der Waals surface area contributed by atoms with Gasteiger partial charge in [-0.1, -0.05) is 0 Å². The number of hydrogen-bond acceptors (Lipinski definition) is 7. The second-order valence-electron chi connectivity index (χ2n) is 6.09. The average molecular weight is 418 g/mol. The molecule has 29 heavy (non-hydrogen) atoms. The molecule has 3 aromatic rings. The number of methoxy groups -OCH3 is 3. The van der Waals surface area contributed by atoms with Crippen molar-refractivity contribution >= 4 is 10.0 Å². The third kappa shape index (κ3) is 4.52. The minimum absolute atomic E-state index is 0.0117. The van der Waals surface area contributed by atoms with Crippen LogP contribution in [0.5, 0.6) is 17.2 Å². The lowest BCUT2D eigenvalue weighted by atomic mass is 10.2. The molecule has 2 aromatic carbocycles. The van der Waals surface area contributed by atoms with Gasteiger partial charge in [-0.05, 0) is 43.3 Å². The van der Waals surface area contributed by atoms with Crippen molar-refractivity contribution in [1.29, 1.82) is 0 Å². The molecule has 0 aliphatic carbocycles. The highest BCUT2D eigenvalue weighted by Crippen LogP contribution is 2.29. The largest absolute Gasteiger partial charge is 0.497 e. The van der Waals surface area contributed by atoms with Crippen LogP contribution < -0.4 is 18.9 Å². The quantitative estimate of drug-likeness (QED) is 0.600. The second kappa shape index (κ2) is 8.54. The molecule has 0 amide bonds. The lowest BCUT2D eigenvalue weighted by molar-refractivity contribution is 0.354. The highest BCUT2D eigenvalue weighted by atomic mass is 32.2. The Balaban J connectivity index is 1.77. The standard InChI is InChI=1S/C20H22N2O6S/c1-13-17(22-20(28-13)14-5-7-15(25-2)8-6-14)12-21-29(23,24)16-9-10-18(26-3)19(11-16)27-4/h5-11,21H,12H2,1-4H3. The number of benzene rings is 2. The molecular weight excluding hydrogens is 396 g/mol. The molecule has 0 saturated carbocycles. The number of aromatic nitrogens is 1. The molecule has 0 spiro atoms. The van der Waals surface area contributed by atoms with E-state index in [2.05, 4.69) is 9.71 Å². The smallest absolute Gasteiger partial charge is 0.241 e. The molecule has 154 valence electrons. The maximum absolute atomic E-state index is 12.7. The molecule has 1 heterocycles. The molecule has 0 bridgehead atoms. The summed E-state index contributed by atoms with van der Waals surface area (Å²) in [5.41, 5.74) is 1.27. The summed E-state index contributed by atoms with van der Waals surface area (Å²) in [6.45, 7) is 1.72. The van der Waals surface area contributed by atoms with E-state index < -0.39 is 10.0 Å². The van der Waals surface area contributed by atoms with E-state index in [0.717, 1.165) is 11.3 Å². The molecule has 0 aliphatic heterocycles. The van der Waals surface area contributed by atoms with Crippen molar-refractivity contribution < 1.29 is 27.0 Å². The van der Waals surface area contributed by atoms with E-state index in [1.165, 1.54) is 32.4 Å². The van der Waals surface area contributed by atoms with Gasteiger partial charge >= 0.3 is 0 Å². The molecule has 1 aromatic heterocycles. The Labute approximate surface area is 169 Å². The van der Waals surface area contributed by atoms with Crippen LogP contribution in [0.15, 0.2) is 51.8 Å². The highest BCUT2D eigenvalue weighted by Gasteiger charge is 2.19. The zero-order valence-corrected chi connectivity index (χ0v) is 17.4. The van der Waals surface area contributed by atoms with E-state index in [1.54, 1.807) is 26.2 Å². The van der Waals surface area contributed by atoms with Gasteiger partial charge in [0.25, 0.3) is 0 Å². The molecule has 0 unspecified atom stereocenters. The predicted octanol–water partition coefficient (Wildman–Crippen LogP) is 3.15. The summed E-state index contributed by atoms with van der Waals surface area (Å²) in [6, 6.07) is 11.6. The van der Waals surface area contributed by atoms with Gasteiger partial charge in [0.1, 0.15) is 11.5 Å². The summed E-state index contributed by atoms with van der Waals surface area (Å²) in [7, 11) is 0.739. The summed E-state index contributed by atoms with van der Waals surface area (Å²) in [6.07, 6.45) is 0. The van der Waals surface area contributed by atoms with Gasteiger partial charge < -0.3 is 18.6 Å². The fourth-order valence-corrected chi connectivity index (χ4v) is 3.68. The third-order valence-electron chi connectivity index (χ3n) is 4.32. The summed E-state index contributed by atoms with van der Waals surface area (Å²) in [5, 5.41) is 0. The number of aryl methyl sites for hydroxylation is 1. The fourth-order valence-electron chi connectivity index (χ4n) is 2.68. The molecule has 0 saturated heterocycles. The lowest BCUT2D eigenvalue weighted by Crippen LogP contribution is -2.23. The first kappa shape index (κ1) is 20.7. The first-order valence-corrected chi connectivity index (χ1v) is 10.2. The second-order valence-corrected chi connectivity index (χ2v) is 7.86. The van der Waals surface area contributed by atoms with E-state index >= 15 is 0 Å². The zero-order chi connectivity index (χ0) is 21.0. The monoisotopic (exact) mass is 418 g/mol. The van der Waals surface area contributed by atoms with Gasteiger partial charge in [0.15, 0.2) is 11.5 Å². The Morgan fingerprint density at radius 3 is 2.28 bits per heavy atom. The molecule has 0 atom stereocenters. The number of oxazole rings is 1. The van der Waals surface area contributed by atoms with Crippen LogP contribution in [0.25, 0.3) is 11.5 Å². The Morgan fingerprint density at radius 2 is 1.66 bits per heavy atom. The molecule has 3 rings (SSSR count). The Kier molecular flexibility index (Phi) is 6.09. The fraction of sp³-hybridized carbons (Fsp3) is 0.250. The Bertz CT molecular complexity index is 1090. The van der Waals surface area contributed by atoms with E-state index in [0.29, 0.717) is 28.8 Å². The number of sulfonamides is 1. The Morgan fingerprint density at radius 1 is 0.966 bits per heavy atom. The maximum Gasteiger partial charge on any atom is 0.241 e. The number of nitrogens with one attached hydrogen (secondary N) is 1. The van der Waals surface area contributed by atoms with Crippen molar-refractivity contribution in [2.75, 3.05) is 21.3 Å². The zero-order valence-electron chi connectivity index (χ0n) is 16.6. The lowest BCUT2D eigenvalue weighted by Gasteiger charge is -2.10. The van der Waals surface area contributed by atoms with Gasteiger partial charge in [-0.3, -0.25) is 0 Å². The molecule has 8 nitrogen and oxygen atoms in total. The highest BCUT2D eigenvalue weighted by molar-refractivity contribution is 7.89. The van der Waals surface area contributed by atoms with Crippen LogP contribution in [0.4, 0.5) is 0 Å². The van der Waals surface area contributed by atoms with Crippen LogP contribution in [0.3, 0.4) is 0 Å².